The Morgan fingerprint density at radius 1 is 1.45 bits per heavy atom. The Balaban J connectivity index is 2.73. The summed E-state index contributed by atoms with van der Waals surface area (Å²) in [6.45, 7) is 7.50. The zero-order chi connectivity index (χ0) is 8.65. The molecule has 0 radical (unpaired) electrons. The van der Waals surface area contributed by atoms with Crippen molar-refractivity contribution in [1.29, 1.82) is 0 Å². The summed E-state index contributed by atoms with van der Waals surface area (Å²) in [5.41, 5.74) is 12.1. The molecule has 1 aliphatic rings. The zero-order valence-corrected chi connectivity index (χ0v) is 7.80. The standard InChI is InChI=1S/C9H20N2/c1-6-4-9(2,3)7(5-10)8(6)11/h6-8H,4-5,10-11H2,1-3H3/t6-,7-,8+/m0/s1. The molecular formula is C9H20N2. The Kier molecular flexibility index (Phi) is 2.26. The lowest BCUT2D eigenvalue weighted by molar-refractivity contribution is 0.253. The molecule has 0 aliphatic heterocycles. The lowest BCUT2D eigenvalue weighted by Gasteiger charge is -2.27. The topological polar surface area (TPSA) is 52.0 Å². The maximum absolute atomic E-state index is 6.03. The van der Waals surface area contributed by atoms with E-state index in [2.05, 4.69) is 20.8 Å². The summed E-state index contributed by atoms with van der Waals surface area (Å²) in [5.74, 6) is 1.15. The van der Waals surface area contributed by atoms with Crippen LogP contribution in [0.25, 0.3) is 0 Å². The Hall–Kier alpha value is -0.0800. The minimum absolute atomic E-state index is 0.315. The summed E-state index contributed by atoms with van der Waals surface area (Å²) in [6, 6.07) is 0.315. The van der Waals surface area contributed by atoms with Gasteiger partial charge >= 0.3 is 0 Å². The molecule has 1 saturated carbocycles. The molecule has 0 aromatic rings. The minimum Gasteiger partial charge on any atom is -0.330 e. The van der Waals surface area contributed by atoms with E-state index >= 15 is 0 Å². The molecule has 1 aliphatic carbocycles. The number of nitrogens with two attached hydrogens (primary N) is 2. The molecular weight excluding hydrogens is 136 g/mol. The van der Waals surface area contributed by atoms with Gasteiger partial charge in [-0.25, -0.2) is 0 Å². The van der Waals surface area contributed by atoms with E-state index in [9.17, 15) is 0 Å². The molecule has 0 heterocycles. The molecule has 0 saturated heterocycles. The van der Waals surface area contributed by atoms with Gasteiger partial charge in [-0.2, -0.15) is 0 Å². The number of rotatable bonds is 1. The van der Waals surface area contributed by atoms with Crippen LogP contribution >= 0.6 is 0 Å². The summed E-state index contributed by atoms with van der Waals surface area (Å²) in [6.07, 6.45) is 1.22. The van der Waals surface area contributed by atoms with Gasteiger partial charge in [0.25, 0.3) is 0 Å². The lowest BCUT2D eigenvalue weighted by atomic mass is 9.81. The van der Waals surface area contributed by atoms with Gasteiger partial charge in [0.15, 0.2) is 0 Å². The van der Waals surface area contributed by atoms with E-state index in [-0.39, 0.29) is 0 Å². The molecule has 0 spiro atoms. The van der Waals surface area contributed by atoms with Crippen LogP contribution in [-0.4, -0.2) is 12.6 Å². The number of hydrogen-bond donors (Lipinski definition) is 2. The average molecular weight is 156 g/mol. The van der Waals surface area contributed by atoms with E-state index in [1.807, 2.05) is 0 Å². The van der Waals surface area contributed by atoms with Crippen LogP contribution in [0.4, 0.5) is 0 Å². The third kappa shape index (κ3) is 1.42. The van der Waals surface area contributed by atoms with Crippen molar-refractivity contribution in [2.45, 2.75) is 33.2 Å². The fourth-order valence-electron chi connectivity index (χ4n) is 2.51. The van der Waals surface area contributed by atoms with Gasteiger partial charge in [-0.15, -0.1) is 0 Å². The molecule has 2 heteroatoms. The molecule has 0 bridgehead atoms. The molecule has 1 rings (SSSR count). The molecule has 1 fully saturated rings. The lowest BCUT2D eigenvalue weighted by Crippen LogP contribution is -2.38. The molecule has 66 valence electrons. The number of hydrogen-bond acceptors (Lipinski definition) is 2. The summed E-state index contributed by atoms with van der Waals surface area (Å²) in [5, 5.41) is 0. The first-order valence-electron chi connectivity index (χ1n) is 4.44. The maximum atomic E-state index is 6.03. The van der Waals surface area contributed by atoms with Crippen molar-refractivity contribution >= 4 is 0 Å². The Morgan fingerprint density at radius 3 is 2.18 bits per heavy atom. The van der Waals surface area contributed by atoms with Crippen LogP contribution in [0.1, 0.15) is 27.2 Å². The van der Waals surface area contributed by atoms with Gasteiger partial charge in [-0.05, 0) is 30.2 Å². The van der Waals surface area contributed by atoms with E-state index in [4.69, 9.17) is 11.5 Å². The van der Waals surface area contributed by atoms with Crippen molar-refractivity contribution in [2.24, 2.45) is 28.7 Å². The quantitative estimate of drug-likeness (QED) is 0.594. The summed E-state index contributed by atoms with van der Waals surface area (Å²) in [7, 11) is 0. The fourth-order valence-corrected chi connectivity index (χ4v) is 2.51. The van der Waals surface area contributed by atoms with Gasteiger partial charge in [-0.3, -0.25) is 0 Å². The smallest absolute Gasteiger partial charge is 0.0110 e. The van der Waals surface area contributed by atoms with Gasteiger partial charge in [0.2, 0.25) is 0 Å². The van der Waals surface area contributed by atoms with Crippen LogP contribution in [0.2, 0.25) is 0 Å². The molecule has 0 unspecified atom stereocenters. The highest BCUT2D eigenvalue weighted by atomic mass is 14.8. The maximum Gasteiger partial charge on any atom is 0.0110 e. The highest BCUT2D eigenvalue weighted by molar-refractivity contribution is 4.97. The van der Waals surface area contributed by atoms with Gasteiger partial charge in [0.05, 0.1) is 0 Å². The van der Waals surface area contributed by atoms with Crippen LogP contribution in [-0.2, 0) is 0 Å². The van der Waals surface area contributed by atoms with Crippen LogP contribution in [0, 0.1) is 17.3 Å². The van der Waals surface area contributed by atoms with Crippen molar-refractivity contribution in [1.82, 2.24) is 0 Å². The molecule has 11 heavy (non-hydrogen) atoms. The van der Waals surface area contributed by atoms with Crippen LogP contribution in [0.5, 0.6) is 0 Å². The van der Waals surface area contributed by atoms with Crippen molar-refractivity contribution in [2.75, 3.05) is 6.54 Å². The molecule has 2 nitrogen and oxygen atoms in total. The van der Waals surface area contributed by atoms with Gasteiger partial charge in [-0.1, -0.05) is 20.8 Å². The van der Waals surface area contributed by atoms with E-state index in [0.717, 1.165) is 6.54 Å². The second-order valence-electron chi connectivity index (χ2n) is 4.59. The molecule has 0 aromatic heterocycles. The van der Waals surface area contributed by atoms with Crippen molar-refractivity contribution in [3.05, 3.63) is 0 Å². The highest BCUT2D eigenvalue weighted by Gasteiger charge is 2.43. The normalized spacial score (nSPS) is 42.8. The summed E-state index contributed by atoms with van der Waals surface area (Å²) < 4.78 is 0. The monoisotopic (exact) mass is 156 g/mol. The third-order valence-electron chi connectivity index (χ3n) is 3.23. The first-order valence-corrected chi connectivity index (χ1v) is 4.44. The second-order valence-corrected chi connectivity index (χ2v) is 4.59. The van der Waals surface area contributed by atoms with E-state index in [1.54, 1.807) is 0 Å². The second kappa shape index (κ2) is 2.76. The SMILES string of the molecule is C[C@H]1CC(C)(C)[C@@H](CN)[C@@H]1N. The van der Waals surface area contributed by atoms with Crippen LogP contribution in [0.15, 0.2) is 0 Å². The molecule has 3 atom stereocenters. The minimum atomic E-state index is 0.315. The van der Waals surface area contributed by atoms with Gasteiger partial charge < -0.3 is 11.5 Å². The van der Waals surface area contributed by atoms with E-state index < -0.39 is 0 Å². The highest BCUT2D eigenvalue weighted by Crippen LogP contribution is 2.44. The average Bonchev–Trinajstić information content (AvgIpc) is 2.03. The van der Waals surface area contributed by atoms with Gasteiger partial charge in [0.1, 0.15) is 0 Å². The fraction of sp³-hybridized carbons (Fsp3) is 1.00. The first-order chi connectivity index (χ1) is 4.99. The first kappa shape index (κ1) is 9.01. The van der Waals surface area contributed by atoms with Crippen molar-refractivity contribution < 1.29 is 0 Å². The van der Waals surface area contributed by atoms with E-state index in [1.165, 1.54) is 6.42 Å². The largest absolute Gasteiger partial charge is 0.330 e. The Labute approximate surface area is 69.3 Å². The molecule has 0 amide bonds. The van der Waals surface area contributed by atoms with E-state index in [0.29, 0.717) is 23.3 Å². The predicted octanol–water partition coefficient (Wildman–Crippen LogP) is 0.955. The summed E-state index contributed by atoms with van der Waals surface area (Å²) >= 11 is 0. The van der Waals surface area contributed by atoms with Crippen molar-refractivity contribution in [3.63, 3.8) is 0 Å². The summed E-state index contributed by atoms with van der Waals surface area (Å²) in [4.78, 5) is 0. The predicted molar refractivity (Wildman–Crippen MR) is 48.1 cm³/mol. The zero-order valence-electron chi connectivity index (χ0n) is 7.80. The Bertz CT molecular complexity index is 142. The van der Waals surface area contributed by atoms with Crippen molar-refractivity contribution in [3.8, 4) is 0 Å². The Morgan fingerprint density at radius 2 is 2.00 bits per heavy atom. The van der Waals surface area contributed by atoms with Gasteiger partial charge in [0, 0.05) is 6.04 Å². The molecule has 0 aromatic carbocycles. The van der Waals surface area contributed by atoms with Crippen LogP contribution in [0.3, 0.4) is 0 Å². The van der Waals surface area contributed by atoms with Crippen LogP contribution < -0.4 is 11.5 Å². The molecule has 4 N–H and O–H groups in total. The third-order valence-corrected chi connectivity index (χ3v) is 3.23.